The van der Waals surface area contributed by atoms with E-state index < -0.39 is 0 Å². The van der Waals surface area contributed by atoms with Crippen molar-refractivity contribution in [1.82, 2.24) is 39.9 Å². The van der Waals surface area contributed by atoms with Gasteiger partial charge in [-0.1, -0.05) is 394 Å². The number of halogens is 8. The summed E-state index contributed by atoms with van der Waals surface area (Å²) < 4.78 is 8.42. The Morgan fingerprint density at radius 3 is 0.621 bits per heavy atom. The summed E-state index contributed by atoms with van der Waals surface area (Å²) in [7, 11) is 0. The maximum Gasteiger partial charge on any atom is 0.0894 e. The highest BCUT2D eigenvalue weighted by molar-refractivity contribution is 9.11. The first-order chi connectivity index (χ1) is 68.7. The van der Waals surface area contributed by atoms with Crippen LogP contribution in [0.25, 0.3) is 202 Å². The molecule has 140 heavy (non-hydrogen) atoms. The number of pyridine rings is 8. The molecule has 0 unspecified atom stereocenters. The molecule has 16 heteroatoms. The zero-order valence-electron chi connectivity index (χ0n) is 74.8. The standard InChI is InChI=1S/2C34H22Br2N2.2C28H18Br2N2/c35-26-16-14-25(15-17-26)34-27(18-19-33(38-34)32-13-7-8-20-37-32)30-21-29(24-11-5-2-6-12-24)31(36)22-28(30)23-9-3-1-4-10-23;35-26-16-14-25(15-17-26)27-18-19-33(32-13-7-8-20-37-32)38-34(27)30-21-29(24-11-5-2-6-12-24)31(36)22-28(30)23-9-3-1-4-10-23;29-23-12-8-20(9-13-23)19-4-6-22(7-5-19)28-25(21-10-14-24(30)15-11-21)16-17-27(32-28)26-3-1-2-18-31-26;29-23-12-8-20(9-13-23)19-4-6-21(7-5-19)25-16-17-27(26-3-1-2-18-31-26)32-28(25)22-10-14-24(30)15-11-22/h2*1-22H;2*1-18H. The van der Waals surface area contributed by atoms with Gasteiger partial charge in [0.25, 0.3) is 0 Å². The van der Waals surface area contributed by atoms with Gasteiger partial charge in [-0.2, -0.15) is 0 Å². The maximum atomic E-state index is 5.27. The molecule has 22 rings (SSSR count). The molecular weight excluding hydrogens is 2240 g/mol. The fraction of sp³-hybridized carbons (Fsp3) is 0. The molecule has 0 aliphatic carbocycles. The summed E-state index contributed by atoms with van der Waals surface area (Å²) in [4.78, 5) is 38.6. The average Bonchev–Trinajstić information content (AvgIpc) is 0.757. The number of benzene rings is 14. The van der Waals surface area contributed by atoms with E-state index in [4.69, 9.17) is 19.9 Å². The van der Waals surface area contributed by atoms with Gasteiger partial charge in [-0.25, -0.2) is 19.9 Å². The van der Waals surface area contributed by atoms with E-state index in [1.165, 1.54) is 22.3 Å². The van der Waals surface area contributed by atoms with E-state index >= 15 is 0 Å². The Morgan fingerprint density at radius 1 is 0.121 bits per heavy atom. The van der Waals surface area contributed by atoms with Gasteiger partial charge in [0, 0.05) is 105 Å². The average molecular weight is 2320 g/mol. The molecule has 0 saturated heterocycles. The molecular formula is C124H80Br8N8. The van der Waals surface area contributed by atoms with Gasteiger partial charge < -0.3 is 0 Å². The largest absolute Gasteiger partial charge is 0.255 e. The van der Waals surface area contributed by atoms with Gasteiger partial charge in [0.2, 0.25) is 0 Å². The quantitative estimate of drug-likeness (QED) is 0.0837. The highest BCUT2D eigenvalue weighted by atomic mass is 79.9. The topological polar surface area (TPSA) is 103 Å². The Bertz CT molecular complexity index is 8000. The van der Waals surface area contributed by atoms with Crippen LogP contribution in [0.1, 0.15) is 0 Å². The van der Waals surface area contributed by atoms with Gasteiger partial charge in [0.1, 0.15) is 0 Å². The molecule has 0 bridgehead atoms. The Morgan fingerprint density at radius 2 is 0.329 bits per heavy atom. The minimum absolute atomic E-state index is 0.838. The Hall–Kier alpha value is -13.9. The predicted octanol–water partition coefficient (Wildman–Crippen LogP) is 38.0. The van der Waals surface area contributed by atoms with Crippen LogP contribution < -0.4 is 0 Å². The van der Waals surface area contributed by atoms with Gasteiger partial charge in [-0.3, -0.25) is 19.9 Å². The Labute approximate surface area is 881 Å². The molecule has 0 saturated carbocycles. The second-order valence-corrected chi connectivity index (χ2v) is 39.8. The summed E-state index contributed by atoms with van der Waals surface area (Å²) in [6.07, 6.45) is 7.21. The third-order valence-corrected chi connectivity index (χ3v) is 28.1. The van der Waals surface area contributed by atoms with Gasteiger partial charge >= 0.3 is 0 Å². The van der Waals surface area contributed by atoms with E-state index in [0.717, 1.165) is 215 Å². The van der Waals surface area contributed by atoms with Crippen LogP contribution in [0, 0.1) is 0 Å². The smallest absolute Gasteiger partial charge is 0.0894 e. The minimum Gasteiger partial charge on any atom is -0.255 e. The molecule has 0 amide bonds. The number of hydrogen-bond acceptors (Lipinski definition) is 8. The van der Waals surface area contributed by atoms with Crippen molar-refractivity contribution in [3.8, 4) is 202 Å². The van der Waals surface area contributed by atoms with Crippen molar-refractivity contribution >= 4 is 127 Å². The zero-order valence-corrected chi connectivity index (χ0v) is 87.5. The molecule has 0 spiro atoms. The summed E-state index contributed by atoms with van der Waals surface area (Å²) in [6.45, 7) is 0. The normalized spacial score (nSPS) is 10.9. The molecule has 22 aromatic rings. The van der Waals surface area contributed by atoms with Crippen LogP contribution in [0.4, 0.5) is 0 Å². The fourth-order valence-corrected chi connectivity index (χ4v) is 19.4. The van der Waals surface area contributed by atoms with Crippen molar-refractivity contribution in [1.29, 1.82) is 0 Å². The SMILES string of the molecule is Brc1ccc(-c2ccc(-c3ccc(-c4ccccn4)nc3-c3ccc(Br)cc3)cc2)cc1.Brc1ccc(-c2ccc(-c3ccccn3)nc2-c2cc(-c3ccccc3)c(Br)cc2-c2ccccc2)cc1.Brc1ccc(-c2ccc(-c3nc(-c4ccccn4)ccc3-c3ccc(Br)cc3)cc2)cc1.Brc1ccc(-c2nc(-c3ccccn3)ccc2-c2cc(-c3ccccc3)c(Br)cc2-c2ccccc2)cc1. The summed E-state index contributed by atoms with van der Waals surface area (Å²) >= 11 is 29.0. The third-order valence-electron chi connectivity index (χ3n) is 23.6. The summed E-state index contributed by atoms with van der Waals surface area (Å²) in [5.41, 5.74) is 37.4. The van der Waals surface area contributed by atoms with Crippen molar-refractivity contribution in [2.45, 2.75) is 0 Å². The van der Waals surface area contributed by atoms with Crippen LogP contribution in [0.2, 0.25) is 0 Å². The van der Waals surface area contributed by atoms with Crippen LogP contribution in [0.5, 0.6) is 0 Å². The zero-order chi connectivity index (χ0) is 95.6. The van der Waals surface area contributed by atoms with Crippen molar-refractivity contribution in [3.05, 3.63) is 522 Å². The molecule has 0 aliphatic heterocycles. The van der Waals surface area contributed by atoms with Crippen molar-refractivity contribution in [2.24, 2.45) is 0 Å². The van der Waals surface area contributed by atoms with Crippen LogP contribution in [0.15, 0.2) is 522 Å². The summed E-state index contributed by atoms with van der Waals surface area (Å²) in [5.74, 6) is 0. The van der Waals surface area contributed by atoms with Crippen LogP contribution in [-0.2, 0) is 0 Å². The second-order valence-electron chi connectivity index (χ2n) is 32.6. The van der Waals surface area contributed by atoms with Gasteiger partial charge in [-0.05, 0) is 283 Å². The number of aromatic nitrogens is 8. The molecule has 0 fully saturated rings. The van der Waals surface area contributed by atoms with E-state index in [9.17, 15) is 0 Å². The lowest BCUT2D eigenvalue weighted by Gasteiger charge is -2.18. The molecule has 672 valence electrons. The first-order valence-corrected chi connectivity index (χ1v) is 51.4. The maximum absolute atomic E-state index is 5.27. The Kier molecular flexibility index (Phi) is 30.8. The lowest BCUT2D eigenvalue weighted by Crippen LogP contribution is -1.97. The van der Waals surface area contributed by atoms with Crippen LogP contribution in [0.3, 0.4) is 0 Å². The highest BCUT2D eigenvalue weighted by Gasteiger charge is 2.24. The number of hydrogen-bond donors (Lipinski definition) is 0. The first kappa shape index (κ1) is 95.1. The Balaban J connectivity index is 0.000000119. The molecule has 8 aromatic heterocycles. The summed E-state index contributed by atoms with van der Waals surface area (Å²) in [5, 5.41) is 0. The minimum atomic E-state index is 0.838. The monoisotopic (exact) mass is 2310 g/mol. The predicted molar refractivity (Wildman–Crippen MR) is 608 cm³/mol. The molecule has 8 heterocycles. The van der Waals surface area contributed by atoms with Crippen molar-refractivity contribution in [3.63, 3.8) is 0 Å². The molecule has 8 nitrogen and oxygen atoms in total. The van der Waals surface area contributed by atoms with Gasteiger partial charge in [0.05, 0.1) is 68.3 Å². The van der Waals surface area contributed by atoms with E-state index in [1.807, 2.05) is 128 Å². The van der Waals surface area contributed by atoms with Gasteiger partial charge in [0.15, 0.2) is 0 Å². The lowest BCUT2D eigenvalue weighted by atomic mass is 9.89. The van der Waals surface area contributed by atoms with Crippen LogP contribution in [-0.4, -0.2) is 39.9 Å². The van der Waals surface area contributed by atoms with E-state index in [-0.39, 0.29) is 0 Å². The summed E-state index contributed by atoms with van der Waals surface area (Å²) in [6, 6.07) is 159. The molecule has 0 radical (unpaired) electrons. The highest BCUT2D eigenvalue weighted by Crippen LogP contribution is 2.48. The third kappa shape index (κ3) is 23.0. The van der Waals surface area contributed by atoms with Crippen LogP contribution >= 0.6 is 127 Å². The van der Waals surface area contributed by atoms with Crippen molar-refractivity contribution in [2.75, 3.05) is 0 Å². The molecule has 14 aromatic carbocycles. The lowest BCUT2D eigenvalue weighted by molar-refractivity contribution is 1.25. The molecule has 0 N–H and O–H groups in total. The number of rotatable bonds is 18. The van der Waals surface area contributed by atoms with E-state index in [2.05, 4.69) is 487 Å². The van der Waals surface area contributed by atoms with Crippen molar-refractivity contribution < 1.29 is 0 Å². The first-order valence-electron chi connectivity index (χ1n) is 45.0. The molecule has 0 aliphatic rings. The van der Waals surface area contributed by atoms with E-state index in [0.29, 0.717) is 0 Å². The van der Waals surface area contributed by atoms with Gasteiger partial charge in [-0.15, -0.1) is 0 Å². The second kappa shape index (κ2) is 45.4. The molecule has 0 atom stereocenters. The fourth-order valence-electron chi connectivity index (χ4n) is 16.6. The van der Waals surface area contributed by atoms with E-state index in [1.54, 1.807) is 18.6 Å². The number of nitrogens with zero attached hydrogens (tertiary/aromatic N) is 8.